The fourth-order valence-electron chi connectivity index (χ4n) is 2.98. The molecule has 0 heterocycles. The largest absolute Gasteiger partial charge is 0.353 e. The molecule has 0 aromatic rings. The van der Waals surface area contributed by atoms with Crippen molar-refractivity contribution < 1.29 is 4.79 Å². The second-order valence-electron chi connectivity index (χ2n) is 7.13. The smallest absolute Gasteiger partial charge is 0.221 e. The van der Waals surface area contributed by atoms with Gasteiger partial charge in [0.25, 0.3) is 0 Å². The first-order valence-corrected chi connectivity index (χ1v) is 7.33. The highest BCUT2D eigenvalue weighted by Gasteiger charge is 2.24. The average molecular weight is 254 g/mol. The van der Waals surface area contributed by atoms with E-state index < -0.39 is 0 Å². The maximum atomic E-state index is 11.9. The monoisotopic (exact) mass is 254 g/mol. The lowest BCUT2D eigenvalue weighted by atomic mass is 9.87. The summed E-state index contributed by atoms with van der Waals surface area (Å²) < 4.78 is 0. The second-order valence-corrected chi connectivity index (χ2v) is 7.13. The highest BCUT2D eigenvalue weighted by Crippen LogP contribution is 2.27. The van der Waals surface area contributed by atoms with E-state index in [1.54, 1.807) is 0 Å². The Balaban J connectivity index is 2.27. The van der Waals surface area contributed by atoms with Gasteiger partial charge in [0.1, 0.15) is 0 Å². The molecule has 1 rings (SSSR count). The van der Waals surface area contributed by atoms with Crippen molar-refractivity contribution in [2.24, 2.45) is 17.1 Å². The number of rotatable bonds is 5. The summed E-state index contributed by atoms with van der Waals surface area (Å²) in [6.45, 7) is 8.60. The molecule has 106 valence electrons. The number of hydrogen-bond acceptors (Lipinski definition) is 2. The average Bonchev–Trinajstić information content (AvgIpc) is 2.65. The van der Waals surface area contributed by atoms with Crippen LogP contribution < -0.4 is 11.1 Å². The van der Waals surface area contributed by atoms with Crippen molar-refractivity contribution in [1.29, 1.82) is 0 Å². The van der Waals surface area contributed by atoms with Gasteiger partial charge in [0.05, 0.1) is 0 Å². The van der Waals surface area contributed by atoms with Crippen molar-refractivity contribution in [3.8, 4) is 0 Å². The van der Waals surface area contributed by atoms with E-state index in [0.717, 1.165) is 6.42 Å². The third-order valence-electron chi connectivity index (χ3n) is 3.82. The zero-order valence-corrected chi connectivity index (χ0v) is 12.5. The normalized spacial score (nSPS) is 20.7. The van der Waals surface area contributed by atoms with Crippen LogP contribution in [0.4, 0.5) is 0 Å². The zero-order chi connectivity index (χ0) is 13.8. The highest BCUT2D eigenvalue weighted by atomic mass is 16.1. The van der Waals surface area contributed by atoms with Gasteiger partial charge < -0.3 is 11.1 Å². The lowest BCUT2D eigenvalue weighted by molar-refractivity contribution is -0.122. The molecular formula is C15H30N2O. The van der Waals surface area contributed by atoms with Gasteiger partial charge in [-0.1, -0.05) is 33.6 Å². The molecule has 0 aromatic heterocycles. The molecule has 1 amide bonds. The third kappa shape index (κ3) is 5.85. The van der Waals surface area contributed by atoms with Crippen LogP contribution >= 0.6 is 0 Å². The van der Waals surface area contributed by atoms with Gasteiger partial charge in [-0.15, -0.1) is 0 Å². The molecule has 3 heteroatoms. The fourth-order valence-corrected chi connectivity index (χ4v) is 2.98. The first kappa shape index (κ1) is 15.5. The molecule has 0 aliphatic heterocycles. The van der Waals surface area contributed by atoms with Gasteiger partial charge in [0.15, 0.2) is 0 Å². The summed E-state index contributed by atoms with van der Waals surface area (Å²) in [6, 6.07) is 0.280. The maximum Gasteiger partial charge on any atom is 0.221 e. The molecule has 3 N–H and O–H groups in total. The molecular weight excluding hydrogens is 224 g/mol. The van der Waals surface area contributed by atoms with Crippen LogP contribution in [0.1, 0.15) is 66.2 Å². The van der Waals surface area contributed by atoms with Crippen molar-refractivity contribution in [1.82, 2.24) is 5.32 Å². The molecule has 1 unspecified atom stereocenters. The Hall–Kier alpha value is -0.570. The molecule has 2 atom stereocenters. The van der Waals surface area contributed by atoms with E-state index in [4.69, 9.17) is 5.73 Å². The van der Waals surface area contributed by atoms with E-state index >= 15 is 0 Å². The Morgan fingerprint density at radius 1 is 1.33 bits per heavy atom. The zero-order valence-electron chi connectivity index (χ0n) is 12.5. The second kappa shape index (κ2) is 6.55. The van der Waals surface area contributed by atoms with Crippen LogP contribution in [-0.4, -0.2) is 18.0 Å². The molecule has 1 aliphatic rings. The molecule has 0 bridgehead atoms. The van der Waals surface area contributed by atoms with Gasteiger partial charge in [-0.25, -0.2) is 0 Å². The van der Waals surface area contributed by atoms with Crippen LogP contribution in [0.2, 0.25) is 0 Å². The number of nitrogens with one attached hydrogen (secondary N) is 1. The number of amides is 1. The Morgan fingerprint density at radius 2 is 1.89 bits per heavy atom. The molecule has 0 radical (unpaired) electrons. The lowest BCUT2D eigenvalue weighted by Gasteiger charge is -2.24. The number of carbonyl (C=O) groups is 1. The molecule has 1 aliphatic carbocycles. The van der Waals surface area contributed by atoms with E-state index in [-0.39, 0.29) is 17.4 Å². The first-order valence-electron chi connectivity index (χ1n) is 7.33. The van der Waals surface area contributed by atoms with E-state index in [0.29, 0.717) is 18.4 Å². The Labute approximate surface area is 112 Å². The molecule has 0 saturated heterocycles. The summed E-state index contributed by atoms with van der Waals surface area (Å²) in [5, 5.41) is 3.12. The van der Waals surface area contributed by atoms with Crippen LogP contribution in [0.5, 0.6) is 0 Å². The number of carbonyl (C=O) groups excluding carboxylic acids is 1. The van der Waals surface area contributed by atoms with E-state index in [9.17, 15) is 4.79 Å². The Kier molecular flexibility index (Phi) is 5.64. The molecule has 1 fully saturated rings. The van der Waals surface area contributed by atoms with Gasteiger partial charge in [0.2, 0.25) is 5.91 Å². The summed E-state index contributed by atoms with van der Waals surface area (Å²) in [5.74, 6) is 0.791. The van der Waals surface area contributed by atoms with E-state index in [1.807, 2.05) is 0 Å². The van der Waals surface area contributed by atoms with Crippen LogP contribution in [-0.2, 0) is 4.79 Å². The molecule has 0 aromatic carbocycles. The van der Waals surface area contributed by atoms with Crippen molar-refractivity contribution >= 4 is 5.91 Å². The highest BCUT2D eigenvalue weighted by molar-refractivity contribution is 5.76. The predicted molar refractivity (Wildman–Crippen MR) is 76.2 cm³/mol. The summed E-state index contributed by atoms with van der Waals surface area (Å²) in [6.07, 6.45) is 6.49. The minimum atomic E-state index is -0.0271. The quantitative estimate of drug-likeness (QED) is 0.792. The van der Waals surface area contributed by atoms with Crippen molar-refractivity contribution in [2.75, 3.05) is 0 Å². The van der Waals surface area contributed by atoms with Gasteiger partial charge in [-0.3, -0.25) is 4.79 Å². The van der Waals surface area contributed by atoms with Crippen LogP contribution in [0.25, 0.3) is 0 Å². The van der Waals surface area contributed by atoms with Crippen LogP contribution in [0.15, 0.2) is 0 Å². The van der Waals surface area contributed by atoms with Crippen molar-refractivity contribution in [2.45, 2.75) is 78.3 Å². The molecule has 0 spiro atoms. The summed E-state index contributed by atoms with van der Waals surface area (Å²) >= 11 is 0. The van der Waals surface area contributed by atoms with E-state index in [1.165, 1.54) is 25.7 Å². The van der Waals surface area contributed by atoms with Crippen molar-refractivity contribution in [3.05, 3.63) is 0 Å². The SMILES string of the molecule is C[C@H](NC(=O)CC(N)CC(C)(C)C)C1CCCC1. The number of nitrogens with two attached hydrogens (primary N) is 1. The minimum Gasteiger partial charge on any atom is -0.353 e. The van der Waals surface area contributed by atoms with Gasteiger partial charge in [-0.05, 0) is 37.5 Å². The summed E-state index contributed by atoms with van der Waals surface area (Å²) in [7, 11) is 0. The van der Waals surface area contributed by atoms with Gasteiger partial charge >= 0.3 is 0 Å². The first-order chi connectivity index (χ1) is 8.28. The third-order valence-corrected chi connectivity index (χ3v) is 3.82. The number of hydrogen-bond donors (Lipinski definition) is 2. The van der Waals surface area contributed by atoms with Crippen molar-refractivity contribution in [3.63, 3.8) is 0 Å². The summed E-state index contributed by atoms with van der Waals surface area (Å²) in [4.78, 5) is 11.9. The minimum absolute atomic E-state index is 0.0271. The molecule has 18 heavy (non-hydrogen) atoms. The predicted octanol–water partition coefficient (Wildman–Crippen LogP) is 2.83. The molecule has 3 nitrogen and oxygen atoms in total. The van der Waals surface area contributed by atoms with Crippen LogP contribution in [0, 0.1) is 11.3 Å². The molecule has 1 saturated carbocycles. The Morgan fingerprint density at radius 3 is 2.39 bits per heavy atom. The maximum absolute atomic E-state index is 11.9. The van der Waals surface area contributed by atoms with Gasteiger partial charge in [0, 0.05) is 18.5 Å². The summed E-state index contributed by atoms with van der Waals surface area (Å²) in [5.41, 5.74) is 6.22. The van der Waals surface area contributed by atoms with Gasteiger partial charge in [-0.2, -0.15) is 0 Å². The van der Waals surface area contributed by atoms with E-state index in [2.05, 4.69) is 33.0 Å². The lowest BCUT2D eigenvalue weighted by Crippen LogP contribution is -2.40. The standard InChI is InChI=1S/C15H30N2O/c1-11(12-7-5-6-8-12)17-14(18)9-13(16)10-15(2,3)4/h11-13H,5-10,16H2,1-4H3,(H,17,18)/t11-,13?/m0/s1. The Bertz CT molecular complexity index is 264. The topological polar surface area (TPSA) is 55.1 Å². The fraction of sp³-hybridized carbons (Fsp3) is 0.933. The van der Waals surface area contributed by atoms with Crippen LogP contribution in [0.3, 0.4) is 0 Å².